The smallest absolute Gasteiger partial charge is 0.250 e. The monoisotopic (exact) mass is 579 g/mol. The summed E-state index contributed by atoms with van der Waals surface area (Å²) in [6.07, 6.45) is 9.21. The van der Waals surface area contributed by atoms with Gasteiger partial charge in [-0.2, -0.15) is 0 Å². The van der Waals surface area contributed by atoms with E-state index in [-0.39, 0.29) is 17.4 Å². The third-order valence-corrected chi connectivity index (χ3v) is 9.83. The van der Waals surface area contributed by atoms with Crippen LogP contribution in [0.15, 0.2) is 53.6 Å². The second-order valence-corrected chi connectivity index (χ2v) is 13.6. The lowest BCUT2D eigenvalue weighted by Crippen LogP contribution is -2.46. The summed E-state index contributed by atoms with van der Waals surface area (Å²) in [5, 5.41) is 4.74. The highest BCUT2D eigenvalue weighted by molar-refractivity contribution is 5.93. The number of amides is 1. The molecule has 1 unspecified atom stereocenters. The van der Waals surface area contributed by atoms with Crippen molar-refractivity contribution in [1.29, 1.82) is 0 Å². The Bertz CT molecular complexity index is 1690. The summed E-state index contributed by atoms with van der Waals surface area (Å²) in [7, 11) is 1.79. The quantitative estimate of drug-likeness (QED) is 0.242. The Hall–Kier alpha value is -3.71. The Morgan fingerprint density at radius 3 is 2.40 bits per heavy atom. The number of nitrogens with zero attached hydrogens (tertiary/aromatic N) is 3. The van der Waals surface area contributed by atoms with Gasteiger partial charge in [-0.1, -0.05) is 30.2 Å². The predicted octanol–water partition coefficient (Wildman–Crippen LogP) is 5.91. The third kappa shape index (κ3) is 5.55. The lowest BCUT2D eigenvalue weighted by molar-refractivity contribution is -0.137. The molecule has 2 saturated heterocycles. The third-order valence-electron chi connectivity index (χ3n) is 9.83. The molecule has 1 atom stereocenters. The summed E-state index contributed by atoms with van der Waals surface area (Å²) in [6, 6.07) is 13.2. The molecule has 1 amide bonds. The zero-order valence-electron chi connectivity index (χ0n) is 26.5. The van der Waals surface area contributed by atoms with Gasteiger partial charge in [-0.25, -0.2) is 4.98 Å². The minimum absolute atomic E-state index is 0.00854. The van der Waals surface area contributed by atoms with Crippen LogP contribution in [-0.2, 0) is 23.7 Å². The fraction of sp³-hybridized carbons (Fsp3) is 0.472. The van der Waals surface area contributed by atoms with Crippen molar-refractivity contribution < 1.29 is 4.79 Å². The zero-order valence-corrected chi connectivity index (χ0v) is 26.5. The van der Waals surface area contributed by atoms with Gasteiger partial charge in [0.1, 0.15) is 5.65 Å². The van der Waals surface area contributed by atoms with E-state index in [1.54, 1.807) is 17.7 Å². The van der Waals surface area contributed by atoms with Crippen molar-refractivity contribution in [3.8, 4) is 11.3 Å². The second-order valence-electron chi connectivity index (χ2n) is 13.6. The fourth-order valence-corrected chi connectivity index (χ4v) is 7.43. The highest BCUT2D eigenvalue weighted by atomic mass is 16.2. The molecule has 2 bridgehead atoms. The normalized spacial score (nSPS) is 19.0. The van der Waals surface area contributed by atoms with E-state index in [0.717, 1.165) is 78.6 Å². The first-order valence-electron chi connectivity index (χ1n) is 15.8. The number of aromatic amines is 1. The topological polar surface area (TPSA) is 83.0 Å². The van der Waals surface area contributed by atoms with Crippen molar-refractivity contribution in [2.24, 2.45) is 7.05 Å². The molecule has 0 radical (unpaired) electrons. The van der Waals surface area contributed by atoms with E-state index in [9.17, 15) is 9.59 Å². The lowest BCUT2D eigenvalue weighted by atomic mass is 9.82. The number of benzene rings is 1. The van der Waals surface area contributed by atoms with Gasteiger partial charge in [0.2, 0.25) is 11.5 Å². The molecular weight excluding hydrogens is 534 g/mol. The minimum atomic E-state index is -0.654. The Labute approximate surface area is 254 Å². The summed E-state index contributed by atoms with van der Waals surface area (Å²) in [6.45, 7) is 12.3. The van der Waals surface area contributed by atoms with Crippen LogP contribution in [0.25, 0.3) is 22.3 Å². The molecule has 226 valence electrons. The Balaban J connectivity index is 1.32. The molecule has 7 nitrogen and oxygen atoms in total. The molecule has 0 spiro atoms. The van der Waals surface area contributed by atoms with E-state index < -0.39 is 5.41 Å². The van der Waals surface area contributed by atoms with Gasteiger partial charge in [-0.3, -0.25) is 9.59 Å². The van der Waals surface area contributed by atoms with Crippen molar-refractivity contribution in [1.82, 2.24) is 24.8 Å². The number of nitrogens with one attached hydrogen (secondary N) is 2. The number of carbonyl (C=O) groups is 1. The lowest BCUT2D eigenvalue weighted by Gasteiger charge is -2.32. The number of rotatable bonds is 9. The molecule has 6 rings (SSSR count). The second kappa shape index (κ2) is 11.4. The molecule has 2 aliphatic heterocycles. The molecule has 3 aromatic heterocycles. The Morgan fingerprint density at radius 1 is 1.07 bits per heavy atom. The van der Waals surface area contributed by atoms with Gasteiger partial charge in [-0.05, 0) is 113 Å². The highest BCUT2D eigenvalue weighted by Crippen LogP contribution is 2.42. The molecule has 1 aromatic carbocycles. The molecule has 7 heteroatoms. The summed E-state index contributed by atoms with van der Waals surface area (Å²) in [5.41, 5.74) is 8.26. The van der Waals surface area contributed by atoms with E-state index in [1.165, 1.54) is 16.7 Å². The fourth-order valence-electron chi connectivity index (χ4n) is 7.43. The number of H-pyrrole nitrogens is 1. The first kappa shape index (κ1) is 29.4. The van der Waals surface area contributed by atoms with Crippen LogP contribution < -0.4 is 10.9 Å². The number of pyridine rings is 2. The maximum atomic E-state index is 14.0. The van der Waals surface area contributed by atoms with E-state index in [0.29, 0.717) is 12.1 Å². The number of hydrogen-bond donors (Lipinski definition) is 2. The Kier molecular flexibility index (Phi) is 7.80. The molecule has 0 saturated carbocycles. The summed E-state index contributed by atoms with van der Waals surface area (Å²) >= 11 is 0. The Morgan fingerprint density at radius 2 is 1.74 bits per heavy atom. The van der Waals surface area contributed by atoms with Crippen LogP contribution >= 0.6 is 0 Å². The summed E-state index contributed by atoms with van der Waals surface area (Å²) in [5.74, 6) is 0.424. The van der Waals surface area contributed by atoms with Crippen molar-refractivity contribution in [2.45, 2.75) is 90.1 Å². The first-order chi connectivity index (χ1) is 20.5. The van der Waals surface area contributed by atoms with Crippen LogP contribution in [0.4, 0.5) is 0 Å². The van der Waals surface area contributed by atoms with Crippen LogP contribution in [-0.4, -0.2) is 50.5 Å². The molecule has 2 fully saturated rings. The van der Waals surface area contributed by atoms with Crippen LogP contribution in [0, 0.1) is 13.8 Å². The minimum Gasteiger partial charge on any atom is -0.339 e. The van der Waals surface area contributed by atoms with E-state index in [2.05, 4.69) is 74.1 Å². The van der Waals surface area contributed by atoms with Crippen molar-refractivity contribution in [3.05, 3.63) is 87.0 Å². The molecule has 2 aliphatic rings. The van der Waals surface area contributed by atoms with Gasteiger partial charge in [0.05, 0.1) is 11.1 Å². The van der Waals surface area contributed by atoms with Gasteiger partial charge in [0, 0.05) is 49.5 Å². The van der Waals surface area contributed by atoms with Crippen LogP contribution in [0.1, 0.15) is 80.2 Å². The van der Waals surface area contributed by atoms with E-state index in [1.807, 2.05) is 18.5 Å². The predicted molar refractivity (Wildman–Crippen MR) is 174 cm³/mol. The standard InChI is InChI=1S/C36H45N5O2/c1-22-15-23(2)17-26(16-22)33-32(24(3)19-37-14-13-25-7-12-31(42)40(6)21-25)30-18-27(20-38-34(30)39-33)36(4,5)35(43)41-28-8-9-29(41)11-10-28/h7,12,15-18,20-21,24,28-29,37H,8-11,13-14,19H2,1-6H3,(H,38,39). The molecule has 2 N–H and O–H groups in total. The molecular formula is C36H45N5O2. The first-order valence-corrected chi connectivity index (χ1v) is 15.8. The number of aromatic nitrogens is 3. The number of carbonyl (C=O) groups excluding carboxylic acids is 1. The van der Waals surface area contributed by atoms with Gasteiger partial charge in [0.15, 0.2) is 0 Å². The van der Waals surface area contributed by atoms with Crippen molar-refractivity contribution in [3.63, 3.8) is 0 Å². The van der Waals surface area contributed by atoms with Crippen LogP contribution in [0.2, 0.25) is 0 Å². The number of aryl methyl sites for hydroxylation is 3. The zero-order chi connectivity index (χ0) is 30.5. The van der Waals surface area contributed by atoms with Gasteiger partial charge in [-0.15, -0.1) is 0 Å². The van der Waals surface area contributed by atoms with Crippen molar-refractivity contribution >= 4 is 16.9 Å². The van der Waals surface area contributed by atoms with Gasteiger partial charge in [0.25, 0.3) is 0 Å². The summed E-state index contributed by atoms with van der Waals surface area (Å²) < 4.78 is 1.63. The summed E-state index contributed by atoms with van der Waals surface area (Å²) in [4.78, 5) is 36.5. The number of fused-ring (bicyclic) bond motifs is 3. The van der Waals surface area contributed by atoms with Gasteiger partial charge >= 0.3 is 0 Å². The van der Waals surface area contributed by atoms with E-state index >= 15 is 0 Å². The van der Waals surface area contributed by atoms with Crippen molar-refractivity contribution in [2.75, 3.05) is 13.1 Å². The maximum absolute atomic E-state index is 14.0. The number of hydrogen-bond acceptors (Lipinski definition) is 4. The largest absolute Gasteiger partial charge is 0.339 e. The molecule has 0 aliphatic carbocycles. The molecule has 5 heterocycles. The van der Waals surface area contributed by atoms with Gasteiger partial charge < -0.3 is 19.8 Å². The van der Waals surface area contributed by atoms with E-state index in [4.69, 9.17) is 4.98 Å². The average molecular weight is 580 g/mol. The average Bonchev–Trinajstić information content (AvgIpc) is 3.68. The molecule has 4 aromatic rings. The SMILES string of the molecule is Cc1cc(C)cc(-c2[nH]c3ncc(C(C)(C)C(=O)N4C5CCC4CC5)cc3c2C(C)CNCCc2ccc(=O)n(C)c2)c1. The van der Waals surface area contributed by atoms with Crippen LogP contribution in [0.5, 0.6) is 0 Å². The van der Waals surface area contributed by atoms with Crippen LogP contribution in [0.3, 0.4) is 0 Å². The highest BCUT2D eigenvalue weighted by Gasteiger charge is 2.47. The molecule has 43 heavy (non-hydrogen) atoms. The maximum Gasteiger partial charge on any atom is 0.250 e.